The molecule has 0 bridgehead atoms. The van der Waals surface area contributed by atoms with Crippen LogP contribution in [0.4, 0.5) is 4.39 Å². The molecule has 0 saturated heterocycles. The van der Waals surface area contributed by atoms with Gasteiger partial charge in [0.15, 0.2) is 0 Å². The highest BCUT2D eigenvalue weighted by atomic mass is 32.2. The Morgan fingerprint density at radius 2 is 1.77 bits per heavy atom. The number of benzene rings is 2. The topological polar surface area (TPSA) is 42.3 Å². The summed E-state index contributed by atoms with van der Waals surface area (Å²) in [5, 5.41) is 0. The number of nitrogens with zero attached hydrogens (tertiary/aromatic N) is 2. The summed E-state index contributed by atoms with van der Waals surface area (Å²) in [5.74, 6) is -0.557. The van der Waals surface area contributed by atoms with Gasteiger partial charge in [-0.1, -0.05) is 35.9 Å². The molecule has 0 spiro atoms. The smallest absolute Gasteiger partial charge is 0.244 e. The maximum absolute atomic E-state index is 13.6. The minimum absolute atomic E-state index is 0.0189. The summed E-state index contributed by atoms with van der Waals surface area (Å²) in [4.78, 5) is -0.0189. The largest absolute Gasteiger partial charge is 0.348 e. The van der Waals surface area contributed by atoms with Crippen molar-refractivity contribution >= 4 is 10.0 Å². The van der Waals surface area contributed by atoms with Crippen LogP contribution in [-0.4, -0.2) is 23.8 Å². The molecule has 2 aromatic carbocycles. The quantitative estimate of drug-likeness (QED) is 0.705. The number of aryl methyl sites for hydroxylation is 1. The van der Waals surface area contributed by atoms with Crippen LogP contribution in [0.5, 0.6) is 0 Å². The van der Waals surface area contributed by atoms with E-state index in [0.29, 0.717) is 13.1 Å². The van der Waals surface area contributed by atoms with E-state index >= 15 is 0 Å². The molecule has 1 aliphatic rings. The van der Waals surface area contributed by atoms with Crippen molar-refractivity contribution in [1.82, 2.24) is 8.87 Å². The highest BCUT2D eigenvalue weighted by molar-refractivity contribution is 7.89. The molecular weight excluding hydrogens is 351 g/mol. The summed E-state index contributed by atoms with van der Waals surface area (Å²) < 4.78 is 43.7. The lowest BCUT2D eigenvalue weighted by Gasteiger charge is -2.36. The molecule has 3 aromatic rings. The highest BCUT2D eigenvalue weighted by Crippen LogP contribution is 2.36. The minimum atomic E-state index is -3.83. The minimum Gasteiger partial charge on any atom is -0.348 e. The predicted molar refractivity (Wildman–Crippen MR) is 97.7 cm³/mol. The van der Waals surface area contributed by atoms with Gasteiger partial charge in [0.1, 0.15) is 5.82 Å². The third kappa shape index (κ3) is 2.85. The number of hydrogen-bond acceptors (Lipinski definition) is 2. The van der Waals surface area contributed by atoms with Crippen molar-refractivity contribution in [3.05, 3.63) is 89.5 Å². The molecule has 1 aliphatic heterocycles. The Labute approximate surface area is 152 Å². The molecule has 1 aromatic heterocycles. The SMILES string of the molecule is Cc1ccc([C@@H]2c3cccn3CCN2S(=O)(=O)c2cccc(F)c2)cc1. The van der Waals surface area contributed by atoms with Gasteiger partial charge >= 0.3 is 0 Å². The predicted octanol–water partition coefficient (Wildman–Crippen LogP) is 3.73. The zero-order chi connectivity index (χ0) is 18.3. The van der Waals surface area contributed by atoms with Gasteiger partial charge in [0, 0.05) is 25.0 Å². The van der Waals surface area contributed by atoms with Crippen LogP contribution in [0, 0.1) is 12.7 Å². The lowest BCUT2D eigenvalue weighted by Crippen LogP contribution is -2.42. The van der Waals surface area contributed by atoms with Gasteiger partial charge in [-0.15, -0.1) is 0 Å². The van der Waals surface area contributed by atoms with Crippen LogP contribution in [0.25, 0.3) is 0 Å². The van der Waals surface area contributed by atoms with Crippen LogP contribution < -0.4 is 0 Å². The van der Waals surface area contributed by atoms with Gasteiger partial charge in [-0.2, -0.15) is 4.31 Å². The van der Waals surface area contributed by atoms with E-state index in [2.05, 4.69) is 4.57 Å². The van der Waals surface area contributed by atoms with Crippen LogP contribution in [0.1, 0.15) is 22.9 Å². The number of hydrogen-bond donors (Lipinski definition) is 0. The molecule has 134 valence electrons. The van der Waals surface area contributed by atoms with Crippen LogP contribution in [0.2, 0.25) is 0 Å². The van der Waals surface area contributed by atoms with Crippen molar-refractivity contribution < 1.29 is 12.8 Å². The van der Waals surface area contributed by atoms with E-state index < -0.39 is 21.9 Å². The summed E-state index contributed by atoms with van der Waals surface area (Å²) in [5.41, 5.74) is 2.93. The molecular formula is C20H19FN2O2S. The fraction of sp³-hybridized carbons (Fsp3) is 0.200. The van der Waals surface area contributed by atoms with Crippen molar-refractivity contribution in [1.29, 1.82) is 0 Å². The number of fused-ring (bicyclic) bond motifs is 1. The van der Waals surface area contributed by atoms with Crippen LogP contribution >= 0.6 is 0 Å². The first-order chi connectivity index (χ1) is 12.5. The first-order valence-corrected chi connectivity index (χ1v) is 9.90. The van der Waals surface area contributed by atoms with Crippen LogP contribution in [0.3, 0.4) is 0 Å². The number of sulfonamides is 1. The molecule has 0 aliphatic carbocycles. The molecule has 0 radical (unpaired) electrons. The summed E-state index contributed by atoms with van der Waals surface area (Å²) in [7, 11) is -3.83. The van der Waals surface area contributed by atoms with Gasteiger partial charge in [0.05, 0.1) is 10.9 Å². The molecule has 0 N–H and O–H groups in total. The molecule has 26 heavy (non-hydrogen) atoms. The summed E-state index contributed by atoms with van der Waals surface area (Å²) in [6.45, 7) is 2.90. The number of halogens is 1. The Morgan fingerprint density at radius 3 is 2.50 bits per heavy atom. The molecule has 4 rings (SSSR count). The van der Waals surface area contributed by atoms with E-state index in [4.69, 9.17) is 0 Å². The lowest BCUT2D eigenvalue weighted by molar-refractivity contribution is 0.298. The van der Waals surface area contributed by atoms with Crippen molar-refractivity contribution in [3.8, 4) is 0 Å². The Hall–Kier alpha value is -2.44. The monoisotopic (exact) mass is 370 g/mol. The Balaban J connectivity index is 1.85. The molecule has 0 amide bonds. The van der Waals surface area contributed by atoms with Gasteiger partial charge in [0.25, 0.3) is 0 Å². The highest BCUT2D eigenvalue weighted by Gasteiger charge is 2.37. The lowest BCUT2D eigenvalue weighted by atomic mass is 10.0. The van der Waals surface area contributed by atoms with E-state index in [0.717, 1.165) is 22.9 Å². The maximum Gasteiger partial charge on any atom is 0.244 e. The molecule has 0 saturated carbocycles. The molecule has 1 atom stereocenters. The van der Waals surface area contributed by atoms with Crippen LogP contribution in [-0.2, 0) is 16.6 Å². The van der Waals surface area contributed by atoms with Crippen molar-refractivity contribution in [2.24, 2.45) is 0 Å². The third-order valence-electron chi connectivity index (χ3n) is 4.79. The summed E-state index contributed by atoms with van der Waals surface area (Å²) >= 11 is 0. The standard InChI is InChI=1S/C20H19FN2O2S/c1-15-7-9-16(10-8-15)20-19-6-3-11-22(19)12-13-23(20)26(24,25)18-5-2-4-17(21)14-18/h2-11,14,20H,12-13H2,1H3/t20-/m1/s1. The molecule has 0 unspecified atom stereocenters. The number of rotatable bonds is 3. The van der Waals surface area contributed by atoms with Crippen molar-refractivity contribution in [3.63, 3.8) is 0 Å². The van der Waals surface area contributed by atoms with E-state index in [9.17, 15) is 12.8 Å². The van der Waals surface area contributed by atoms with Crippen molar-refractivity contribution in [2.75, 3.05) is 6.54 Å². The second kappa shape index (κ2) is 6.37. The van der Waals surface area contributed by atoms with Crippen molar-refractivity contribution in [2.45, 2.75) is 24.4 Å². The Morgan fingerprint density at radius 1 is 1.00 bits per heavy atom. The van der Waals surface area contributed by atoms with E-state index in [-0.39, 0.29) is 4.90 Å². The molecule has 2 heterocycles. The first kappa shape index (κ1) is 17.0. The zero-order valence-corrected chi connectivity index (χ0v) is 15.2. The van der Waals surface area contributed by atoms with Gasteiger partial charge in [-0.05, 0) is 42.8 Å². The van der Waals surface area contributed by atoms with Gasteiger partial charge in [0.2, 0.25) is 10.0 Å². The summed E-state index contributed by atoms with van der Waals surface area (Å²) in [6.07, 6.45) is 1.96. The first-order valence-electron chi connectivity index (χ1n) is 8.46. The Kier molecular flexibility index (Phi) is 4.17. The Bertz CT molecular complexity index is 1040. The number of aromatic nitrogens is 1. The maximum atomic E-state index is 13.6. The van der Waals surface area contributed by atoms with E-state index in [1.54, 1.807) is 0 Å². The second-order valence-corrected chi connectivity index (χ2v) is 8.40. The van der Waals surface area contributed by atoms with E-state index in [1.165, 1.54) is 22.5 Å². The zero-order valence-electron chi connectivity index (χ0n) is 14.3. The van der Waals surface area contributed by atoms with Gasteiger partial charge < -0.3 is 4.57 Å². The fourth-order valence-corrected chi connectivity index (χ4v) is 5.08. The molecule has 4 nitrogen and oxygen atoms in total. The van der Waals surface area contributed by atoms with Crippen LogP contribution in [0.15, 0.2) is 71.8 Å². The second-order valence-electron chi connectivity index (χ2n) is 6.51. The fourth-order valence-electron chi connectivity index (χ4n) is 3.47. The third-order valence-corrected chi connectivity index (χ3v) is 6.65. The van der Waals surface area contributed by atoms with Gasteiger partial charge in [-0.25, -0.2) is 12.8 Å². The molecule has 0 fully saturated rings. The summed E-state index contributed by atoms with van der Waals surface area (Å²) in [6, 6.07) is 16.5. The molecule has 6 heteroatoms. The normalized spacial score (nSPS) is 17.8. The average Bonchev–Trinajstić information content (AvgIpc) is 3.10. The van der Waals surface area contributed by atoms with Gasteiger partial charge in [-0.3, -0.25) is 0 Å². The van der Waals surface area contributed by atoms with E-state index in [1.807, 2.05) is 49.5 Å². The average molecular weight is 370 g/mol.